The third-order valence-corrected chi connectivity index (χ3v) is 8.06. The fraction of sp³-hybridized carbons (Fsp3) is 0.333. The SMILES string of the molecule is CC(C)(C(=O)O)c1cccc(NC(=O)C(c2ccc(CN3N=C(c4ccccc4)OCC3=O)cc2)C2CCCC2)c1. The summed E-state index contributed by atoms with van der Waals surface area (Å²) in [6.07, 6.45) is 4.14. The van der Waals surface area contributed by atoms with Crippen LogP contribution in [0.4, 0.5) is 5.69 Å². The number of hydrogen-bond donors (Lipinski definition) is 2. The number of amides is 2. The van der Waals surface area contributed by atoms with Crippen LogP contribution in [0.5, 0.6) is 0 Å². The van der Waals surface area contributed by atoms with E-state index in [2.05, 4.69) is 10.4 Å². The fourth-order valence-electron chi connectivity index (χ4n) is 5.51. The van der Waals surface area contributed by atoms with Crippen LogP contribution in [0.1, 0.15) is 67.7 Å². The Kier molecular flexibility index (Phi) is 8.19. The quantitative estimate of drug-likeness (QED) is 0.354. The molecule has 1 fully saturated rings. The van der Waals surface area contributed by atoms with Crippen molar-refractivity contribution in [2.24, 2.45) is 11.0 Å². The molecule has 3 aromatic rings. The van der Waals surface area contributed by atoms with Crippen molar-refractivity contribution < 1.29 is 24.2 Å². The van der Waals surface area contributed by atoms with Gasteiger partial charge in [-0.25, -0.2) is 5.01 Å². The topological polar surface area (TPSA) is 108 Å². The van der Waals surface area contributed by atoms with Crippen LogP contribution in [0.25, 0.3) is 0 Å². The van der Waals surface area contributed by atoms with Crippen LogP contribution in [-0.4, -0.2) is 40.4 Å². The molecule has 1 aliphatic heterocycles. The number of nitrogens with zero attached hydrogens (tertiary/aromatic N) is 2. The Balaban J connectivity index is 1.34. The molecule has 1 saturated carbocycles. The van der Waals surface area contributed by atoms with E-state index in [-0.39, 0.29) is 30.3 Å². The van der Waals surface area contributed by atoms with Gasteiger partial charge in [-0.15, -0.1) is 5.10 Å². The molecule has 0 spiro atoms. The second-order valence-corrected chi connectivity index (χ2v) is 11.3. The Bertz CT molecular complexity index is 1440. The molecule has 0 aromatic heterocycles. The minimum absolute atomic E-state index is 0.0689. The van der Waals surface area contributed by atoms with E-state index in [4.69, 9.17) is 4.74 Å². The van der Waals surface area contributed by atoms with Gasteiger partial charge in [0.05, 0.1) is 17.9 Å². The van der Waals surface area contributed by atoms with Gasteiger partial charge in [0.15, 0.2) is 6.61 Å². The van der Waals surface area contributed by atoms with Crippen LogP contribution in [0.15, 0.2) is 84.0 Å². The highest BCUT2D eigenvalue weighted by molar-refractivity contribution is 5.98. The largest absolute Gasteiger partial charge is 0.481 e. The minimum Gasteiger partial charge on any atom is -0.481 e. The lowest BCUT2D eigenvalue weighted by molar-refractivity contribution is -0.142. The molecule has 0 saturated heterocycles. The minimum atomic E-state index is -1.07. The predicted molar refractivity (Wildman–Crippen MR) is 156 cm³/mol. The van der Waals surface area contributed by atoms with E-state index < -0.39 is 11.4 Å². The van der Waals surface area contributed by atoms with E-state index >= 15 is 0 Å². The maximum atomic E-state index is 13.7. The number of hydrogen-bond acceptors (Lipinski definition) is 5. The highest BCUT2D eigenvalue weighted by atomic mass is 16.5. The van der Waals surface area contributed by atoms with Crippen LogP contribution >= 0.6 is 0 Å². The van der Waals surface area contributed by atoms with Gasteiger partial charge in [0.2, 0.25) is 11.8 Å². The van der Waals surface area contributed by atoms with Gasteiger partial charge in [0.1, 0.15) is 0 Å². The number of benzene rings is 3. The van der Waals surface area contributed by atoms with Gasteiger partial charge in [-0.1, -0.05) is 67.4 Å². The Morgan fingerprint density at radius 1 is 1.02 bits per heavy atom. The molecule has 8 nitrogen and oxygen atoms in total. The Hall–Kier alpha value is -4.46. The van der Waals surface area contributed by atoms with E-state index in [1.165, 1.54) is 5.01 Å². The van der Waals surface area contributed by atoms with E-state index in [9.17, 15) is 19.5 Å². The van der Waals surface area contributed by atoms with Gasteiger partial charge < -0.3 is 15.2 Å². The summed E-state index contributed by atoms with van der Waals surface area (Å²) in [4.78, 5) is 38.0. The smallest absolute Gasteiger partial charge is 0.313 e. The summed E-state index contributed by atoms with van der Waals surface area (Å²) in [5.41, 5.74) is 2.76. The van der Waals surface area contributed by atoms with Gasteiger partial charge in [0, 0.05) is 11.3 Å². The Morgan fingerprint density at radius 3 is 2.41 bits per heavy atom. The molecule has 1 heterocycles. The number of carbonyl (C=O) groups is 3. The average molecular weight is 554 g/mol. The van der Waals surface area contributed by atoms with Gasteiger partial charge in [0.25, 0.3) is 5.91 Å². The van der Waals surface area contributed by atoms with Crippen molar-refractivity contribution in [2.45, 2.75) is 57.4 Å². The summed E-state index contributed by atoms with van der Waals surface area (Å²) in [6, 6.07) is 24.4. The average Bonchev–Trinajstić information content (AvgIpc) is 3.50. The molecule has 2 N–H and O–H groups in total. The van der Waals surface area contributed by atoms with Crippen LogP contribution in [0, 0.1) is 5.92 Å². The van der Waals surface area contributed by atoms with Gasteiger partial charge in [-0.2, -0.15) is 0 Å². The van der Waals surface area contributed by atoms with Crippen molar-refractivity contribution >= 4 is 29.4 Å². The number of aliphatic carboxylic acids is 1. The molecular formula is C33H35N3O5. The maximum Gasteiger partial charge on any atom is 0.313 e. The number of carbonyl (C=O) groups excluding carboxylic acids is 2. The lowest BCUT2D eigenvalue weighted by atomic mass is 9.83. The zero-order valence-corrected chi connectivity index (χ0v) is 23.4. The van der Waals surface area contributed by atoms with Crippen LogP contribution < -0.4 is 5.32 Å². The standard InChI is InChI=1S/C33H35N3O5/c1-33(2,32(39)40)26-13-8-14-27(19-26)34-30(38)29(23-9-6-7-10-23)24-17-15-22(16-18-24)20-36-28(37)21-41-31(35-36)25-11-4-3-5-12-25/h3-5,8,11-19,23,29H,6-7,9-10,20-21H2,1-2H3,(H,34,38)(H,39,40). The normalized spacial score (nSPS) is 16.6. The van der Waals surface area contributed by atoms with Crippen LogP contribution in [0.2, 0.25) is 0 Å². The monoisotopic (exact) mass is 553 g/mol. The van der Waals surface area contributed by atoms with E-state index in [1.807, 2.05) is 54.6 Å². The number of nitrogens with one attached hydrogen (secondary N) is 1. The summed E-state index contributed by atoms with van der Waals surface area (Å²) in [6.45, 7) is 3.53. The summed E-state index contributed by atoms with van der Waals surface area (Å²) in [7, 11) is 0. The van der Waals surface area contributed by atoms with Crippen LogP contribution in [0.3, 0.4) is 0 Å². The molecule has 2 amide bonds. The highest BCUT2D eigenvalue weighted by Gasteiger charge is 2.33. The summed E-state index contributed by atoms with van der Waals surface area (Å²) < 4.78 is 5.55. The Labute approximate surface area is 240 Å². The van der Waals surface area contributed by atoms with Crippen molar-refractivity contribution in [1.82, 2.24) is 5.01 Å². The Morgan fingerprint density at radius 2 is 1.73 bits per heavy atom. The summed E-state index contributed by atoms with van der Waals surface area (Å²) in [5.74, 6) is -0.948. The number of carboxylic acids is 1. The molecular weight excluding hydrogens is 518 g/mol. The lowest BCUT2D eigenvalue weighted by Crippen LogP contribution is -2.36. The number of carboxylic acid groups (broad SMARTS) is 1. The van der Waals surface area contributed by atoms with Crippen LogP contribution in [-0.2, 0) is 31.1 Å². The van der Waals surface area contributed by atoms with Crippen molar-refractivity contribution in [1.29, 1.82) is 0 Å². The zero-order valence-electron chi connectivity index (χ0n) is 23.4. The number of ether oxygens (including phenoxy) is 1. The molecule has 3 aromatic carbocycles. The van der Waals surface area contributed by atoms with Crippen molar-refractivity contribution in [3.05, 3.63) is 101 Å². The molecule has 1 atom stereocenters. The highest BCUT2D eigenvalue weighted by Crippen LogP contribution is 2.38. The second kappa shape index (κ2) is 12.0. The first-order valence-corrected chi connectivity index (χ1v) is 14.0. The molecule has 5 rings (SSSR count). The van der Waals surface area contributed by atoms with Crippen molar-refractivity contribution in [3.8, 4) is 0 Å². The molecule has 212 valence electrons. The molecule has 2 aliphatic rings. The number of rotatable bonds is 9. The fourth-order valence-corrected chi connectivity index (χ4v) is 5.51. The first kappa shape index (κ1) is 28.1. The zero-order chi connectivity index (χ0) is 29.0. The number of anilines is 1. The summed E-state index contributed by atoms with van der Waals surface area (Å²) >= 11 is 0. The molecule has 1 unspecified atom stereocenters. The molecule has 41 heavy (non-hydrogen) atoms. The van der Waals surface area contributed by atoms with E-state index in [1.54, 1.807) is 38.1 Å². The first-order valence-electron chi connectivity index (χ1n) is 14.0. The van der Waals surface area contributed by atoms with Gasteiger partial charge >= 0.3 is 5.97 Å². The number of hydrazone groups is 1. The molecule has 0 radical (unpaired) electrons. The maximum absolute atomic E-state index is 13.7. The molecule has 8 heteroatoms. The van der Waals surface area contributed by atoms with E-state index in [0.717, 1.165) is 42.4 Å². The first-order chi connectivity index (χ1) is 19.7. The summed E-state index contributed by atoms with van der Waals surface area (Å²) in [5, 5.41) is 18.6. The van der Waals surface area contributed by atoms with E-state index in [0.29, 0.717) is 23.7 Å². The third-order valence-electron chi connectivity index (χ3n) is 8.06. The lowest BCUT2D eigenvalue weighted by Gasteiger charge is -2.25. The van der Waals surface area contributed by atoms with Gasteiger partial charge in [-0.05, 0) is 73.6 Å². The van der Waals surface area contributed by atoms with Gasteiger partial charge in [-0.3, -0.25) is 14.4 Å². The van der Waals surface area contributed by atoms with Crippen molar-refractivity contribution in [3.63, 3.8) is 0 Å². The third kappa shape index (κ3) is 6.32. The molecule has 1 aliphatic carbocycles. The second-order valence-electron chi connectivity index (χ2n) is 11.3. The van der Waals surface area contributed by atoms with Crippen molar-refractivity contribution in [2.75, 3.05) is 11.9 Å². The molecule has 0 bridgehead atoms. The predicted octanol–water partition coefficient (Wildman–Crippen LogP) is 5.68.